The van der Waals surface area contributed by atoms with Crippen molar-refractivity contribution in [1.29, 1.82) is 0 Å². The van der Waals surface area contributed by atoms with Gasteiger partial charge in [-0.3, -0.25) is 4.79 Å². The summed E-state index contributed by atoms with van der Waals surface area (Å²) in [6.07, 6.45) is 0. The van der Waals surface area contributed by atoms with Gasteiger partial charge in [0.15, 0.2) is 0 Å². The molecule has 7 heteroatoms. The van der Waals surface area contributed by atoms with E-state index in [9.17, 15) is 18.3 Å². The van der Waals surface area contributed by atoms with Crippen LogP contribution in [-0.4, -0.2) is 31.2 Å². The monoisotopic (exact) mass is 373 g/mol. The molecule has 0 aliphatic heterocycles. The van der Waals surface area contributed by atoms with Crippen LogP contribution in [0.1, 0.15) is 11.3 Å². The molecule has 2 aromatic carbocycles. The van der Waals surface area contributed by atoms with Gasteiger partial charge in [-0.2, -0.15) is 0 Å². The lowest BCUT2D eigenvalue weighted by Gasteiger charge is -2.08. The summed E-state index contributed by atoms with van der Waals surface area (Å²) in [6, 6.07) is 11.6. The molecule has 0 amide bonds. The van der Waals surface area contributed by atoms with Gasteiger partial charge in [0.1, 0.15) is 17.2 Å². The van der Waals surface area contributed by atoms with Gasteiger partial charge in [-0.25, -0.2) is 8.42 Å². The number of carboxylic acid groups (broad SMARTS) is 1. The summed E-state index contributed by atoms with van der Waals surface area (Å²) in [5.41, 5.74) is 1.87. The van der Waals surface area contributed by atoms with Crippen LogP contribution in [0, 0.1) is 13.8 Å². The van der Waals surface area contributed by atoms with E-state index in [2.05, 4.69) is 0 Å². The van der Waals surface area contributed by atoms with E-state index < -0.39 is 15.8 Å². The molecule has 0 bridgehead atoms. The van der Waals surface area contributed by atoms with E-state index in [1.807, 2.05) is 13.0 Å². The van der Waals surface area contributed by atoms with Crippen LogP contribution in [0.4, 0.5) is 0 Å². The summed E-state index contributed by atoms with van der Waals surface area (Å²) in [7, 11) is -2.38. The van der Waals surface area contributed by atoms with Gasteiger partial charge in [-0.15, -0.1) is 0 Å². The minimum atomic E-state index is -3.85. The Kier molecular flexibility index (Phi) is 4.50. The highest BCUT2D eigenvalue weighted by atomic mass is 32.2. The minimum absolute atomic E-state index is 0.107. The molecular weight excluding hydrogens is 354 g/mol. The van der Waals surface area contributed by atoms with Gasteiger partial charge in [0.25, 0.3) is 0 Å². The van der Waals surface area contributed by atoms with Crippen molar-refractivity contribution < 1.29 is 23.1 Å². The molecule has 0 radical (unpaired) electrons. The van der Waals surface area contributed by atoms with Crippen molar-refractivity contribution in [3.8, 4) is 5.75 Å². The van der Waals surface area contributed by atoms with Crippen molar-refractivity contribution in [3.63, 3.8) is 0 Å². The highest BCUT2D eigenvalue weighted by Crippen LogP contribution is 2.35. The van der Waals surface area contributed by atoms with Gasteiger partial charge in [0.05, 0.1) is 17.5 Å². The smallest absolute Gasteiger partial charge is 0.323 e. The predicted octanol–water partition coefficient (Wildman–Crippen LogP) is 3.18. The van der Waals surface area contributed by atoms with E-state index in [1.54, 1.807) is 31.2 Å². The van der Waals surface area contributed by atoms with Crippen LogP contribution in [0.2, 0.25) is 0 Å². The van der Waals surface area contributed by atoms with Gasteiger partial charge in [0, 0.05) is 11.1 Å². The quantitative estimate of drug-likeness (QED) is 0.742. The topological polar surface area (TPSA) is 85.6 Å². The number of fused-ring (bicyclic) bond motifs is 1. The number of aryl methyl sites for hydroxylation is 1. The third kappa shape index (κ3) is 2.94. The maximum atomic E-state index is 13.3. The molecule has 0 saturated heterocycles. The van der Waals surface area contributed by atoms with Crippen molar-refractivity contribution in [3.05, 3.63) is 53.7 Å². The molecule has 0 unspecified atom stereocenters. The molecule has 0 aliphatic carbocycles. The third-order valence-corrected chi connectivity index (χ3v) is 6.26. The van der Waals surface area contributed by atoms with Crippen LogP contribution in [-0.2, 0) is 21.2 Å². The summed E-state index contributed by atoms with van der Waals surface area (Å²) in [6.45, 7) is 3.19. The zero-order valence-electron chi connectivity index (χ0n) is 14.7. The van der Waals surface area contributed by atoms with Gasteiger partial charge in [0.2, 0.25) is 9.84 Å². The van der Waals surface area contributed by atoms with Crippen molar-refractivity contribution in [1.82, 2.24) is 4.57 Å². The molecular formula is C19H19NO5S. The van der Waals surface area contributed by atoms with Crippen LogP contribution in [0.3, 0.4) is 0 Å². The lowest BCUT2D eigenvalue weighted by atomic mass is 10.2. The second-order valence-electron chi connectivity index (χ2n) is 6.10. The summed E-state index contributed by atoms with van der Waals surface area (Å²) in [5, 5.41) is 9.74. The molecule has 0 saturated carbocycles. The Morgan fingerprint density at radius 3 is 2.54 bits per heavy atom. The number of rotatable bonds is 5. The molecule has 1 heterocycles. The summed E-state index contributed by atoms with van der Waals surface area (Å²) in [4.78, 5) is 11.5. The molecule has 26 heavy (non-hydrogen) atoms. The fourth-order valence-electron chi connectivity index (χ4n) is 3.13. The number of methoxy groups -OCH3 is 1. The van der Waals surface area contributed by atoms with E-state index in [-0.39, 0.29) is 16.3 Å². The first-order valence-electron chi connectivity index (χ1n) is 7.96. The molecule has 3 aromatic rings. The van der Waals surface area contributed by atoms with Gasteiger partial charge >= 0.3 is 5.97 Å². The average molecular weight is 373 g/mol. The lowest BCUT2D eigenvalue weighted by molar-refractivity contribution is -0.137. The molecule has 0 aliphatic rings. The van der Waals surface area contributed by atoms with E-state index in [1.165, 1.54) is 23.8 Å². The van der Waals surface area contributed by atoms with Crippen molar-refractivity contribution in [2.75, 3.05) is 7.11 Å². The third-order valence-electron chi connectivity index (χ3n) is 4.33. The van der Waals surface area contributed by atoms with Crippen molar-refractivity contribution in [2.45, 2.75) is 30.2 Å². The van der Waals surface area contributed by atoms with E-state index in [0.717, 1.165) is 5.56 Å². The van der Waals surface area contributed by atoms with Crippen LogP contribution in [0.15, 0.2) is 52.3 Å². The highest BCUT2D eigenvalue weighted by molar-refractivity contribution is 7.91. The zero-order chi connectivity index (χ0) is 19.1. The largest absolute Gasteiger partial charge is 0.497 e. The first-order chi connectivity index (χ1) is 12.3. The molecule has 1 N–H and O–H groups in total. The van der Waals surface area contributed by atoms with Gasteiger partial charge in [-0.1, -0.05) is 17.7 Å². The SMILES string of the molecule is COc1cccc(S(=O)(=O)c2c(C)n(CC(=O)O)c3ccc(C)cc23)c1. The number of carboxylic acids is 1. The van der Waals surface area contributed by atoms with Crippen molar-refractivity contribution >= 4 is 26.7 Å². The maximum Gasteiger partial charge on any atom is 0.323 e. The summed E-state index contributed by atoms with van der Waals surface area (Å²) >= 11 is 0. The highest BCUT2D eigenvalue weighted by Gasteiger charge is 2.28. The van der Waals surface area contributed by atoms with Crippen LogP contribution < -0.4 is 4.74 Å². The molecule has 3 rings (SSSR count). The zero-order valence-corrected chi connectivity index (χ0v) is 15.5. The summed E-state index contributed by atoms with van der Waals surface area (Å²) < 4.78 is 33.3. The fraction of sp³-hybridized carbons (Fsp3) is 0.211. The Hall–Kier alpha value is -2.80. The number of aromatic nitrogens is 1. The lowest BCUT2D eigenvalue weighted by Crippen LogP contribution is -2.11. The Labute approximate surface area is 151 Å². The van der Waals surface area contributed by atoms with E-state index in [4.69, 9.17) is 4.74 Å². The van der Waals surface area contributed by atoms with Crippen LogP contribution in [0.25, 0.3) is 10.9 Å². The van der Waals surface area contributed by atoms with Gasteiger partial charge in [-0.05, 0) is 44.2 Å². The Balaban J connectivity index is 2.34. The average Bonchev–Trinajstić information content (AvgIpc) is 2.86. The second-order valence-corrected chi connectivity index (χ2v) is 7.98. The van der Waals surface area contributed by atoms with Crippen LogP contribution in [0.5, 0.6) is 5.75 Å². The molecule has 6 nitrogen and oxygen atoms in total. The van der Waals surface area contributed by atoms with Crippen molar-refractivity contribution in [2.24, 2.45) is 0 Å². The first-order valence-corrected chi connectivity index (χ1v) is 9.44. The number of sulfone groups is 1. The summed E-state index contributed by atoms with van der Waals surface area (Å²) in [5.74, 6) is -0.593. The normalized spacial score (nSPS) is 11.7. The number of hydrogen-bond donors (Lipinski definition) is 1. The predicted molar refractivity (Wildman–Crippen MR) is 97.5 cm³/mol. The number of aliphatic carboxylic acids is 1. The number of benzene rings is 2. The standard InChI is InChI=1S/C19H19NO5S/c1-12-7-8-17-16(9-12)19(13(2)20(17)11-18(21)22)26(23,24)15-6-4-5-14(10-15)25-3/h4-10H,11H2,1-3H3,(H,21,22). The molecule has 0 fully saturated rings. The Bertz CT molecular complexity index is 1110. The Morgan fingerprint density at radius 1 is 1.15 bits per heavy atom. The number of nitrogens with zero attached hydrogens (tertiary/aromatic N) is 1. The van der Waals surface area contributed by atoms with E-state index in [0.29, 0.717) is 22.3 Å². The van der Waals surface area contributed by atoms with Gasteiger partial charge < -0.3 is 14.4 Å². The fourth-order valence-corrected chi connectivity index (χ4v) is 4.85. The second kappa shape index (κ2) is 6.49. The first kappa shape index (κ1) is 18.0. The maximum absolute atomic E-state index is 13.3. The molecule has 0 spiro atoms. The molecule has 136 valence electrons. The molecule has 0 atom stereocenters. The Morgan fingerprint density at radius 2 is 1.88 bits per heavy atom. The van der Waals surface area contributed by atoms with E-state index >= 15 is 0 Å². The van der Waals surface area contributed by atoms with Crippen LogP contribution >= 0.6 is 0 Å². The number of carbonyl (C=O) groups is 1. The minimum Gasteiger partial charge on any atom is -0.497 e. The molecule has 1 aromatic heterocycles. The number of hydrogen-bond acceptors (Lipinski definition) is 4. The number of ether oxygens (including phenoxy) is 1.